The number of nitrogens with zero attached hydrogens (tertiary/aromatic N) is 3. The molecule has 0 radical (unpaired) electrons. The van der Waals surface area contributed by atoms with E-state index in [4.69, 9.17) is 4.74 Å². The van der Waals surface area contributed by atoms with E-state index in [0.717, 1.165) is 29.9 Å². The Kier molecular flexibility index (Phi) is 6.23. The van der Waals surface area contributed by atoms with Crippen molar-refractivity contribution in [2.45, 2.75) is 44.2 Å². The molecule has 0 unspecified atom stereocenters. The quantitative estimate of drug-likeness (QED) is 0.281. The fourth-order valence-corrected chi connectivity index (χ4v) is 3.88. The third-order valence-corrected chi connectivity index (χ3v) is 5.73. The molecular weight excluding hydrogens is 386 g/mol. The zero-order valence-corrected chi connectivity index (χ0v) is 17.6. The number of allylic oxidation sites excluding steroid dienone is 1. The first-order chi connectivity index (χ1) is 13.9. The Morgan fingerprint density at radius 1 is 1.38 bits per heavy atom. The van der Waals surface area contributed by atoms with Gasteiger partial charge in [-0.2, -0.15) is 5.26 Å². The maximum absolute atomic E-state index is 12.7. The van der Waals surface area contributed by atoms with Crippen molar-refractivity contribution >= 4 is 23.5 Å². The summed E-state index contributed by atoms with van der Waals surface area (Å²) >= 11 is 1.32. The van der Waals surface area contributed by atoms with Crippen LogP contribution in [0.15, 0.2) is 29.8 Å². The number of aromatic nitrogens is 2. The predicted molar refractivity (Wildman–Crippen MR) is 111 cm³/mol. The Balaban J connectivity index is 1.80. The molecule has 0 spiro atoms. The van der Waals surface area contributed by atoms with Gasteiger partial charge in [0.05, 0.1) is 11.1 Å². The van der Waals surface area contributed by atoms with Gasteiger partial charge < -0.3 is 9.30 Å². The van der Waals surface area contributed by atoms with Crippen LogP contribution in [0.25, 0.3) is 0 Å². The van der Waals surface area contributed by atoms with E-state index in [1.807, 2.05) is 24.7 Å². The highest BCUT2D eigenvalue weighted by molar-refractivity contribution is 7.98. The molecule has 0 aromatic carbocycles. The Bertz CT molecular complexity index is 1030. The van der Waals surface area contributed by atoms with Crippen molar-refractivity contribution in [1.29, 1.82) is 5.26 Å². The molecular formula is C22H23N3O3S. The molecule has 0 amide bonds. The molecule has 0 atom stereocenters. The van der Waals surface area contributed by atoms with Crippen LogP contribution in [-0.4, -0.2) is 34.2 Å². The minimum absolute atomic E-state index is 0.179. The summed E-state index contributed by atoms with van der Waals surface area (Å²) in [7, 11) is 0. The van der Waals surface area contributed by atoms with Crippen molar-refractivity contribution in [1.82, 2.24) is 9.55 Å². The Hall–Kier alpha value is -2.85. The molecule has 7 heteroatoms. The Morgan fingerprint density at radius 2 is 2.10 bits per heavy atom. The molecule has 2 aromatic rings. The number of ether oxygens (including phenoxy) is 1. The first-order valence-electron chi connectivity index (χ1n) is 9.38. The largest absolute Gasteiger partial charge is 0.454 e. The van der Waals surface area contributed by atoms with Crippen molar-refractivity contribution in [2.24, 2.45) is 0 Å². The summed E-state index contributed by atoms with van der Waals surface area (Å²) in [6.45, 7) is 7.73. The van der Waals surface area contributed by atoms with E-state index in [1.54, 1.807) is 18.2 Å². The number of nitriles is 1. The molecule has 2 heterocycles. The van der Waals surface area contributed by atoms with E-state index in [-0.39, 0.29) is 23.5 Å². The minimum Gasteiger partial charge on any atom is -0.454 e. The lowest BCUT2D eigenvalue weighted by Gasteiger charge is -2.10. The van der Waals surface area contributed by atoms with Gasteiger partial charge in [0.2, 0.25) is 5.78 Å². The summed E-state index contributed by atoms with van der Waals surface area (Å²) in [6.07, 6.45) is 5.64. The number of Topliss-reactive ketones (excluding diaryl/α,β-unsaturated/α-hetero) is 1. The highest BCUT2D eigenvalue weighted by atomic mass is 32.2. The van der Waals surface area contributed by atoms with Crippen LogP contribution in [0.2, 0.25) is 0 Å². The first-order valence-corrected chi connectivity index (χ1v) is 10.6. The molecule has 3 rings (SSSR count). The molecule has 1 aliphatic carbocycles. The standard InChI is InChI=1S/C22H23N3O3S/c1-5-8-25-13(2)9-16(14(25)3)20(26)12-28-22(27)17-10-19(15-6-7-15)24-21(29-4)18(17)11-23/h5,9-10,15H,1,6-8,12H2,2-4H3. The second kappa shape index (κ2) is 8.66. The smallest absolute Gasteiger partial charge is 0.340 e. The summed E-state index contributed by atoms with van der Waals surface area (Å²) in [4.78, 5) is 29.8. The van der Waals surface area contributed by atoms with Gasteiger partial charge in [-0.05, 0) is 45.1 Å². The number of hydrogen-bond acceptors (Lipinski definition) is 6. The lowest BCUT2D eigenvalue weighted by Crippen LogP contribution is -2.17. The second-order valence-corrected chi connectivity index (χ2v) is 7.84. The number of aryl methyl sites for hydroxylation is 1. The molecule has 2 aromatic heterocycles. The third kappa shape index (κ3) is 4.28. The van der Waals surface area contributed by atoms with Gasteiger partial charge >= 0.3 is 5.97 Å². The van der Waals surface area contributed by atoms with Crippen LogP contribution in [0.1, 0.15) is 62.1 Å². The van der Waals surface area contributed by atoms with E-state index >= 15 is 0 Å². The molecule has 6 nitrogen and oxygen atoms in total. The lowest BCUT2D eigenvalue weighted by atomic mass is 10.1. The molecule has 0 bridgehead atoms. The third-order valence-electron chi connectivity index (χ3n) is 5.05. The van der Waals surface area contributed by atoms with Gasteiger partial charge in [-0.25, -0.2) is 9.78 Å². The second-order valence-electron chi connectivity index (χ2n) is 7.05. The summed E-state index contributed by atoms with van der Waals surface area (Å²) in [5.74, 6) is -0.617. The van der Waals surface area contributed by atoms with E-state index in [9.17, 15) is 14.9 Å². The van der Waals surface area contributed by atoms with Crippen molar-refractivity contribution in [3.05, 3.63) is 58.6 Å². The Morgan fingerprint density at radius 3 is 2.69 bits per heavy atom. The number of rotatable bonds is 8. The van der Waals surface area contributed by atoms with E-state index in [1.165, 1.54) is 11.8 Å². The Labute approximate surface area is 174 Å². The molecule has 1 fully saturated rings. The van der Waals surface area contributed by atoms with E-state index in [0.29, 0.717) is 23.1 Å². The van der Waals surface area contributed by atoms with Gasteiger partial charge in [0.25, 0.3) is 0 Å². The van der Waals surface area contributed by atoms with Crippen LogP contribution >= 0.6 is 11.8 Å². The normalized spacial score (nSPS) is 13.0. The fraction of sp³-hybridized carbons (Fsp3) is 0.364. The topological polar surface area (TPSA) is 85.0 Å². The average molecular weight is 410 g/mol. The zero-order chi connectivity index (χ0) is 21.1. The van der Waals surface area contributed by atoms with Crippen molar-refractivity contribution in [3.8, 4) is 6.07 Å². The highest BCUT2D eigenvalue weighted by Crippen LogP contribution is 2.40. The number of pyridine rings is 1. The molecule has 1 aliphatic rings. The number of thioether (sulfide) groups is 1. The molecule has 150 valence electrons. The van der Waals surface area contributed by atoms with Crippen LogP contribution in [0.5, 0.6) is 0 Å². The SMILES string of the molecule is C=CCn1c(C)cc(C(=O)COC(=O)c2cc(C3CC3)nc(SC)c2C#N)c1C. The highest BCUT2D eigenvalue weighted by Gasteiger charge is 2.29. The van der Waals surface area contributed by atoms with E-state index in [2.05, 4.69) is 17.6 Å². The van der Waals surface area contributed by atoms with Crippen LogP contribution in [-0.2, 0) is 11.3 Å². The van der Waals surface area contributed by atoms with Gasteiger partial charge in [0, 0.05) is 35.1 Å². The fourth-order valence-electron chi connectivity index (χ4n) is 3.33. The average Bonchev–Trinajstić information content (AvgIpc) is 3.53. The van der Waals surface area contributed by atoms with Crippen LogP contribution in [0, 0.1) is 25.2 Å². The molecule has 29 heavy (non-hydrogen) atoms. The zero-order valence-electron chi connectivity index (χ0n) is 16.8. The maximum Gasteiger partial charge on any atom is 0.340 e. The molecule has 1 saturated carbocycles. The predicted octanol–water partition coefficient (Wildman–Crippen LogP) is 4.20. The van der Waals surface area contributed by atoms with Crippen LogP contribution < -0.4 is 0 Å². The van der Waals surface area contributed by atoms with Gasteiger partial charge in [-0.3, -0.25) is 4.79 Å². The minimum atomic E-state index is -0.672. The van der Waals surface area contributed by atoms with Crippen LogP contribution in [0.4, 0.5) is 0 Å². The summed E-state index contributed by atoms with van der Waals surface area (Å²) in [6, 6.07) is 5.48. The lowest BCUT2D eigenvalue weighted by molar-refractivity contribution is 0.0473. The van der Waals surface area contributed by atoms with Gasteiger partial charge in [0.1, 0.15) is 11.1 Å². The van der Waals surface area contributed by atoms with Crippen molar-refractivity contribution < 1.29 is 14.3 Å². The summed E-state index contributed by atoms with van der Waals surface area (Å²) in [5, 5.41) is 10.0. The van der Waals surface area contributed by atoms with Crippen molar-refractivity contribution in [2.75, 3.05) is 12.9 Å². The summed E-state index contributed by atoms with van der Waals surface area (Å²) < 4.78 is 7.28. The number of carbonyl (C=O) groups is 2. The van der Waals surface area contributed by atoms with Gasteiger partial charge in [-0.1, -0.05) is 6.08 Å². The summed E-state index contributed by atoms with van der Waals surface area (Å²) in [5.41, 5.74) is 3.46. The number of carbonyl (C=O) groups excluding carboxylic acids is 2. The monoisotopic (exact) mass is 409 g/mol. The van der Waals surface area contributed by atoms with Gasteiger partial charge in [0.15, 0.2) is 6.61 Å². The van der Waals surface area contributed by atoms with E-state index < -0.39 is 5.97 Å². The number of esters is 1. The number of ketones is 1. The molecule has 0 N–H and O–H groups in total. The molecule has 0 aliphatic heterocycles. The maximum atomic E-state index is 12.7. The van der Waals surface area contributed by atoms with Gasteiger partial charge in [-0.15, -0.1) is 18.3 Å². The van der Waals surface area contributed by atoms with Crippen molar-refractivity contribution in [3.63, 3.8) is 0 Å². The van der Waals surface area contributed by atoms with Crippen LogP contribution in [0.3, 0.4) is 0 Å². The molecule has 0 saturated heterocycles. The number of hydrogen-bond donors (Lipinski definition) is 0. The first kappa shape index (κ1) is 20.9.